The van der Waals surface area contributed by atoms with E-state index in [2.05, 4.69) is 20.4 Å². The van der Waals surface area contributed by atoms with Gasteiger partial charge >= 0.3 is 0 Å². The largest absolute Gasteiger partial charge is 0.387 e. The SMILES string of the molecule is CNc1ccccc1S(=O)(=O)NCCCn1ccnn1. The molecule has 0 saturated heterocycles. The molecule has 0 aliphatic carbocycles. The Kier molecular flexibility index (Phi) is 4.70. The van der Waals surface area contributed by atoms with Gasteiger partial charge in [-0.3, -0.25) is 4.68 Å². The average molecular weight is 295 g/mol. The number of benzene rings is 1. The minimum absolute atomic E-state index is 0.253. The molecule has 0 bridgehead atoms. The van der Waals surface area contributed by atoms with Gasteiger partial charge in [-0.15, -0.1) is 5.10 Å². The van der Waals surface area contributed by atoms with E-state index in [0.717, 1.165) is 0 Å². The smallest absolute Gasteiger partial charge is 0.242 e. The quantitative estimate of drug-likeness (QED) is 0.734. The van der Waals surface area contributed by atoms with Crippen molar-refractivity contribution in [1.82, 2.24) is 19.7 Å². The van der Waals surface area contributed by atoms with E-state index >= 15 is 0 Å². The molecule has 1 aromatic carbocycles. The van der Waals surface area contributed by atoms with Gasteiger partial charge < -0.3 is 5.32 Å². The molecular weight excluding hydrogens is 278 g/mol. The first-order chi connectivity index (χ1) is 9.63. The van der Waals surface area contributed by atoms with Crippen molar-refractivity contribution >= 4 is 15.7 Å². The van der Waals surface area contributed by atoms with Crippen LogP contribution >= 0.6 is 0 Å². The molecule has 2 aromatic rings. The summed E-state index contributed by atoms with van der Waals surface area (Å²) in [6.45, 7) is 0.969. The van der Waals surface area contributed by atoms with Crippen molar-refractivity contribution in [3.05, 3.63) is 36.7 Å². The van der Waals surface area contributed by atoms with Crippen LogP contribution in [0.5, 0.6) is 0 Å². The molecule has 20 heavy (non-hydrogen) atoms. The molecule has 0 saturated carbocycles. The summed E-state index contributed by atoms with van der Waals surface area (Å²) in [4.78, 5) is 0.253. The summed E-state index contributed by atoms with van der Waals surface area (Å²) < 4.78 is 28.6. The summed E-state index contributed by atoms with van der Waals surface area (Å²) in [5.74, 6) is 0. The average Bonchev–Trinajstić information content (AvgIpc) is 2.97. The maximum Gasteiger partial charge on any atom is 0.242 e. The van der Waals surface area contributed by atoms with E-state index < -0.39 is 10.0 Å². The molecule has 0 aliphatic rings. The molecule has 108 valence electrons. The van der Waals surface area contributed by atoms with Crippen molar-refractivity contribution in [2.24, 2.45) is 0 Å². The second-order valence-electron chi connectivity index (χ2n) is 4.16. The highest BCUT2D eigenvalue weighted by Crippen LogP contribution is 2.19. The number of aryl methyl sites for hydroxylation is 1. The van der Waals surface area contributed by atoms with Gasteiger partial charge in [-0.25, -0.2) is 13.1 Å². The van der Waals surface area contributed by atoms with Crippen LogP contribution in [-0.2, 0) is 16.6 Å². The fourth-order valence-corrected chi connectivity index (χ4v) is 3.07. The predicted octanol–water partition coefficient (Wildman–Crippen LogP) is 0.688. The van der Waals surface area contributed by atoms with E-state index in [9.17, 15) is 8.42 Å². The Balaban J connectivity index is 1.94. The van der Waals surface area contributed by atoms with Crippen LogP contribution in [0, 0.1) is 0 Å². The number of nitrogens with zero attached hydrogens (tertiary/aromatic N) is 3. The lowest BCUT2D eigenvalue weighted by Gasteiger charge is -2.10. The Labute approximate surface area is 118 Å². The molecule has 8 heteroatoms. The highest BCUT2D eigenvalue weighted by Gasteiger charge is 2.16. The fraction of sp³-hybridized carbons (Fsp3) is 0.333. The normalized spacial score (nSPS) is 11.4. The monoisotopic (exact) mass is 295 g/mol. The minimum atomic E-state index is -3.50. The first kappa shape index (κ1) is 14.5. The van der Waals surface area contributed by atoms with E-state index in [4.69, 9.17) is 0 Å². The van der Waals surface area contributed by atoms with E-state index in [-0.39, 0.29) is 4.90 Å². The van der Waals surface area contributed by atoms with Gasteiger partial charge in [0.15, 0.2) is 0 Å². The molecule has 0 atom stereocenters. The molecule has 7 nitrogen and oxygen atoms in total. The van der Waals surface area contributed by atoms with Crippen molar-refractivity contribution in [2.75, 3.05) is 18.9 Å². The number of hydrogen-bond donors (Lipinski definition) is 2. The lowest BCUT2D eigenvalue weighted by Crippen LogP contribution is -2.26. The Morgan fingerprint density at radius 3 is 2.80 bits per heavy atom. The predicted molar refractivity (Wildman–Crippen MR) is 75.8 cm³/mol. The topological polar surface area (TPSA) is 88.9 Å². The van der Waals surface area contributed by atoms with Gasteiger partial charge in [0.1, 0.15) is 4.90 Å². The van der Waals surface area contributed by atoms with Gasteiger partial charge in [-0.2, -0.15) is 0 Å². The van der Waals surface area contributed by atoms with Crippen LogP contribution in [-0.4, -0.2) is 37.0 Å². The molecule has 1 aromatic heterocycles. The zero-order valence-electron chi connectivity index (χ0n) is 11.2. The molecule has 0 radical (unpaired) electrons. The van der Waals surface area contributed by atoms with Crippen molar-refractivity contribution in [3.63, 3.8) is 0 Å². The molecule has 2 N–H and O–H groups in total. The van der Waals surface area contributed by atoms with Crippen LogP contribution in [0.15, 0.2) is 41.6 Å². The Hall–Kier alpha value is -1.93. The Bertz CT molecular complexity index is 640. The van der Waals surface area contributed by atoms with Crippen LogP contribution in [0.2, 0.25) is 0 Å². The fourth-order valence-electron chi connectivity index (χ4n) is 1.78. The second-order valence-corrected chi connectivity index (χ2v) is 5.90. The number of anilines is 1. The van der Waals surface area contributed by atoms with Crippen LogP contribution in [0.4, 0.5) is 5.69 Å². The van der Waals surface area contributed by atoms with Crippen molar-refractivity contribution < 1.29 is 8.42 Å². The van der Waals surface area contributed by atoms with Gasteiger partial charge in [-0.05, 0) is 18.6 Å². The standard InChI is InChI=1S/C12H17N5O2S/c1-13-11-5-2-3-6-12(11)20(18,19)15-7-4-9-17-10-8-14-16-17/h2-3,5-6,8,10,13,15H,4,7,9H2,1H3. The first-order valence-electron chi connectivity index (χ1n) is 6.24. The number of nitrogens with one attached hydrogen (secondary N) is 2. The molecule has 0 fully saturated rings. The maximum absolute atomic E-state index is 12.2. The second kappa shape index (κ2) is 6.49. The van der Waals surface area contributed by atoms with Crippen LogP contribution in [0.25, 0.3) is 0 Å². The zero-order chi connectivity index (χ0) is 14.4. The van der Waals surface area contributed by atoms with Crippen LogP contribution in [0.3, 0.4) is 0 Å². The summed E-state index contributed by atoms with van der Waals surface area (Å²) >= 11 is 0. The van der Waals surface area contributed by atoms with Gasteiger partial charge in [0.2, 0.25) is 10.0 Å². The van der Waals surface area contributed by atoms with Crippen LogP contribution < -0.4 is 10.0 Å². The van der Waals surface area contributed by atoms with Gasteiger partial charge in [0, 0.05) is 26.3 Å². The number of rotatable bonds is 7. The molecular formula is C12H17N5O2S. The molecule has 1 heterocycles. The highest BCUT2D eigenvalue weighted by molar-refractivity contribution is 7.89. The first-order valence-corrected chi connectivity index (χ1v) is 7.72. The third kappa shape index (κ3) is 3.55. The van der Waals surface area contributed by atoms with Gasteiger partial charge in [-0.1, -0.05) is 17.3 Å². The zero-order valence-corrected chi connectivity index (χ0v) is 12.0. The van der Waals surface area contributed by atoms with Gasteiger partial charge in [0.05, 0.1) is 11.9 Å². The van der Waals surface area contributed by atoms with Gasteiger partial charge in [0.25, 0.3) is 0 Å². The van der Waals surface area contributed by atoms with E-state index in [1.807, 2.05) is 0 Å². The molecule has 0 spiro atoms. The highest BCUT2D eigenvalue weighted by atomic mass is 32.2. The Morgan fingerprint density at radius 1 is 1.30 bits per heavy atom. The van der Waals surface area contributed by atoms with Crippen molar-refractivity contribution in [2.45, 2.75) is 17.9 Å². The summed E-state index contributed by atoms with van der Waals surface area (Å²) in [5.41, 5.74) is 0.580. The number of aromatic nitrogens is 3. The van der Waals surface area contributed by atoms with E-state index in [1.54, 1.807) is 48.4 Å². The molecule has 0 aliphatic heterocycles. The summed E-state index contributed by atoms with van der Waals surface area (Å²) in [5, 5.41) is 10.4. The number of sulfonamides is 1. The summed E-state index contributed by atoms with van der Waals surface area (Å²) in [6.07, 6.45) is 3.97. The Morgan fingerprint density at radius 2 is 2.10 bits per heavy atom. The minimum Gasteiger partial charge on any atom is -0.387 e. The van der Waals surface area contributed by atoms with Crippen molar-refractivity contribution in [3.8, 4) is 0 Å². The lowest BCUT2D eigenvalue weighted by atomic mass is 10.3. The maximum atomic E-state index is 12.2. The van der Waals surface area contributed by atoms with E-state index in [0.29, 0.717) is 25.2 Å². The number of para-hydroxylation sites is 1. The molecule has 0 amide bonds. The molecule has 0 unspecified atom stereocenters. The third-order valence-electron chi connectivity index (χ3n) is 2.77. The summed E-state index contributed by atoms with van der Waals surface area (Å²) in [6, 6.07) is 6.79. The summed E-state index contributed by atoms with van der Waals surface area (Å²) in [7, 11) is -1.81. The van der Waals surface area contributed by atoms with Crippen LogP contribution in [0.1, 0.15) is 6.42 Å². The van der Waals surface area contributed by atoms with E-state index in [1.165, 1.54) is 0 Å². The number of hydrogen-bond acceptors (Lipinski definition) is 5. The van der Waals surface area contributed by atoms with Crippen molar-refractivity contribution in [1.29, 1.82) is 0 Å². The lowest BCUT2D eigenvalue weighted by molar-refractivity contribution is 0.542. The third-order valence-corrected chi connectivity index (χ3v) is 4.29. The molecule has 2 rings (SSSR count).